The molecule has 186 valence electrons. The fourth-order valence-corrected chi connectivity index (χ4v) is 4.53. The number of fused-ring (bicyclic) bond motifs is 1. The van der Waals surface area contributed by atoms with Crippen molar-refractivity contribution in [2.24, 2.45) is 10.1 Å². The Morgan fingerprint density at radius 2 is 1.59 bits per heavy atom. The molecular weight excluding hydrogens is 556 g/mol. The van der Waals surface area contributed by atoms with Crippen LogP contribution in [0.2, 0.25) is 0 Å². The normalized spacial score (nSPS) is 15.8. The number of thioether (sulfide) groups is 1. The van der Waals surface area contributed by atoms with Gasteiger partial charge in [0.25, 0.3) is 5.91 Å². The minimum atomic E-state index is -0.488. The lowest BCUT2D eigenvalue weighted by Crippen LogP contribution is -2.35. The van der Waals surface area contributed by atoms with Gasteiger partial charge in [-0.25, -0.2) is 0 Å². The molecule has 3 aromatic carbocycles. The number of benzene rings is 3. The van der Waals surface area contributed by atoms with Crippen LogP contribution in [0.5, 0.6) is 17.2 Å². The number of halogens is 1. The highest BCUT2D eigenvalue weighted by atomic mass is 79.9. The third kappa shape index (κ3) is 6.28. The molecule has 1 amide bonds. The zero-order valence-electron chi connectivity index (χ0n) is 19.5. The maximum atomic E-state index is 12.7. The van der Waals surface area contributed by atoms with Crippen molar-refractivity contribution >= 4 is 55.7 Å². The largest absolute Gasteiger partial charge is 0.490 e. The van der Waals surface area contributed by atoms with Gasteiger partial charge in [0, 0.05) is 4.47 Å². The van der Waals surface area contributed by atoms with Gasteiger partial charge in [-0.2, -0.15) is 15.1 Å². The lowest BCUT2D eigenvalue weighted by molar-refractivity contribution is -0.114. The standard InChI is InChI=1S/C27H21BrN4O4S/c28-19-9-11-21(12-10-19)34-13-14-35-22-8-4-5-18(15-22)16-23-25(29)32-27(30-26(23)33)37-24(31-32)17-36-20-6-2-1-3-7-20/h1-12,15-16,29H,13-14,17H2/b23-16-,29-25?. The quantitative estimate of drug-likeness (QED) is 0.263. The van der Waals surface area contributed by atoms with Crippen LogP contribution in [-0.4, -0.2) is 46.8 Å². The molecule has 0 radical (unpaired) electrons. The Morgan fingerprint density at radius 3 is 2.38 bits per heavy atom. The average Bonchev–Trinajstić information content (AvgIpc) is 3.33. The van der Waals surface area contributed by atoms with Gasteiger partial charge in [0.1, 0.15) is 42.1 Å². The first-order valence-corrected chi connectivity index (χ1v) is 12.9. The summed E-state index contributed by atoms with van der Waals surface area (Å²) in [4.78, 5) is 16.9. The van der Waals surface area contributed by atoms with Crippen molar-refractivity contribution in [2.45, 2.75) is 0 Å². The average molecular weight is 577 g/mol. The van der Waals surface area contributed by atoms with Gasteiger partial charge in [-0.15, -0.1) is 0 Å². The highest BCUT2D eigenvalue weighted by molar-refractivity contribution is 9.10. The van der Waals surface area contributed by atoms with Gasteiger partial charge in [-0.3, -0.25) is 10.2 Å². The number of amidine groups is 2. The second kappa shape index (κ2) is 11.4. The predicted molar refractivity (Wildman–Crippen MR) is 149 cm³/mol. The Bertz CT molecular complexity index is 1410. The molecule has 37 heavy (non-hydrogen) atoms. The molecule has 5 rings (SSSR count). The Morgan fingerprint density at radius 1 is 0.892 bits per heavy atom. The molecule has 0 spiro atoms. The molecule has 0 saturated heterocycles. The number of amides is 1. The van der Waals surface area contributed by atoms with Crippen LogP contribution >= 0.6 is 27.7 Å². The summed E-state index contributed by atoms with van der Waals surface area (Å²) in [6, 6.07) is 24.2. The van der Waals surface area contributed by atoms with Crippen LogP contribution in [0, 0.1) is 5.41 Å². The Kier molecular flexibility index (Phi) is 7.67. The number of hydrazone groups is 1. The first-order valence-electron chi connectivity index (χ1n) is 11.3. The first-order chi connectivity index (χ1) is 18.0. The third-order valence-corrected chi connectivity index (χ3v) is 6.62. The fraction of sp³-hybridized carbons (Fsp3) is 0.111. The van der Waals surface area contributed by atoms with E-state index in [0.717, 1.165) is 10.2 Å². The van der Waals surface area contributed by atoms with E-state index in [-0.39, 0.29) is 18.0 Å². The summed E-state index contributed by atoms with van der Waals surface area (Å²) in [6.07, 6.45) is 1.62. The number of nitrogens with zero attached hydrogens (tertiary/aromatic N) is 3. The number of carbonyl (C=O) groups excluding carboxylic acids is 1. The number of para-hydroxylation sites is 1. The Labute approximate surface area is 226 Å². The maximum Gasteiger partial charge on any atom is 0.283 e. The van der Waals surface area contributed by atoms with E-state index in [1.807, 2.05) is 72.8 Å². The molecule has 1 N–H and O–H groups in total. The molecule has 2 aliphatic heterocycles. The van der Waals surface area contributed by atoms with Crippen LogP contribution in [0.3, 0.4) is 0 Å². The number of carbonyl (C=O) groups is 1. The number of rotatable bonds is 9. The number of ether oxygens (including phenoxy) is 3. The van der Waals surface area contributed by atoms with Gasteiger partial charge in [0.2, 0.25) is 5.17 Å². The lowest BCUT2D eigenvalue weighted by atomic mass is 10.1. The summed E-state index contributed by atoms with van der Waals surface area (Å²) >= 11 is 4.62. The van der Waals surface area contributed by atoms with Crippen molar-refractivity contribution in [3.8, 4) is 17.2 Å². The number of hydrogen-bond acceptors (Lipinski definition) is 7. The summed E-state index contributed by atoms with van der Waals surface area (Å²) in [5.41, 5.74) is 0.857. The van der Waals surface area contributed by atoms with Crippen molar-refractivity contribution in [2.75, 3.05) is 19.8 Å². The number of aliphatic imine (C=N–C) groups is 1. The zero-order chi connectivity index (χ0) is 25.6. The van der Waals surface area contributed by atoms with Crippen LogP contribution in [0.1, 0.15) is 5.56 Å². The molecule has 3 aromatic rings. The SMILES string of the molecule is N=C1/C(=C/c2cccc(OCCOc3ccc(Br)cc3)c2)C(=O)N=C2SC(COc3ccccc3)=NN12. The van der Waals surface area contributed by atoms with E-state index < -0.39 is 5.91 Å². The van der Waals surface area contributed by atoms with Crippen LogP contribution in [0.25, 0.3) is 6.08 Å². The zero-order valence-corrected chi connectivity index (χ0v) is 21.9. The summed E-state index contributed by atoms with van der Waals surface area (Å²) in [5.74, 6) is 1.58. The molecule has 0 fully saturated rings. The minimum Gasteiger partial charge on any atom is -0.490 e. The Balaban J connectivity index is 1.21. The van der Waals surface area contributed by atoms with Crippen molar-refractivity contribution in [3.63, 3.8) is 0 Å². The van der Waals surface area contributed by atoms with Gasteiger partial charge in [-0.05, 0) is 71.9 Å². The molecule has 2 aliphatic rings. The van der Waals surface area contributed by atoms with Crippen LogP contribution in [0.4, 0.5) is 0 Å². The third-order valence-electron chi connectivity index (χ3n) is 5.21. The highest BCUT2D eigenvalue weighted by Gasteiger charge is 2.35. The van der Waals surface area contributed by atoms with E-state index in [0.29, 0.717) is 40.5 Å². The van der Waals surface area contributed by atoms with Crippen LogP contribution < -0.4 is 14.2 Å². The summed E-state index contributed by atoms with van der Waals surface area (Å²) in [5, 5.41) is 15.3. The topological polar surface area (TPSA) is 96.6 Å². The molecule has 0 unspecified atom stereocenters. The van der Waals surface area contributed by atoms with Crippen LogP contribution in [-0.2, 0) is 4.79 Å². The smallest absolute Gasteiger partial charge is 0.283 e. The molecule has 8 nitrogen and oxygen atoms in total. The molecular formula is C27H21BrN4O4S. The van der Waals surface area contributed by atoms with E-state index in [1.165, 1.54) is 16.8 Å². The molecule has 2 heterocycles. The molecule has 10 heteroatoms. The van der Waals surface area contributed by atoms with E-state index in [1.54, 1.807) is 12.1 Å². The summed E-state index contributed by atoms with van der Waals surface area (Å²) in [6.45, 7) is 0.955. The second-order valence-corrected chi connectivity index (χ2v) is 9.80. The van der Waals surface area contributed by atoms with E-state index in [4.69, 9.17) is 19.6 Å². The van der Waals surface area contributed by atoms with Gasteiger partial charge in [-0.1, -0.05) is 46.3 Å². The van der Waals surface area contributed by atoms with Gasteiger partial charge in [0.05, 0.1) is 5.57 Å². The molecule has 0 saturated carbocycles. The van der Waals surface area contributed by atoms with Crippen molar-refractivity contribution < 1.29 is 19.0 Å². The molecule has 0 bridgehead atoms. The number of nitrogens with one attached hydrogen (secondary N) is 1. The highest BCUT2D eigenvalue weighted by Crippen LogP contribution is 2.29. The van der Waals surface area contributed by atoms with Crippen LogP contribution in [0.15, 0.2) is 99.0 Å². The van der Waals surface area contributed by atoms with Crippen molar-refractivity contribution in [1.82, 2.24) is 5.01 Å². The van der Waals surface area contributed by atoms with Crippen molar-refractivity contribution in [3.05, 3.63) is 94.5 Å². The minimum absolute atomic E-state index is 0.0357. The summed E-state index contributed by atoms with van der Waals surface area (Å²) < 4.78 is 18.2. The molecule has 0 aliphatic carbocycles. The predicted octanol–water partition coefficient (Wildman–Crippen LogP) is 5.61. The van der Waals surface area contributed by atoms with Gasteiger partial charge >= 0.3 is 0 Å². The molecule has 0 aromatic heterocycles. The lowest BCUT2D eigenvalue weighted by Gasteiger charge is -2.20. The molecule has 0 atom stereocenters. The first kappa shape index (κ1) is 24.8. The fourth-order valence-electron chi connectivity index (χ4n) is 3.46. The monoisotopic (exact) mass is 576 g/mol. The second-order valence-electron chi connectivity index (χ2n) is 7.84. The van der Waals surface area contributed by atoms with E-state index >= 15 is 0 Å². The van der Waals surface area contributed by atoms with E-state index in [9.17, 15) is 4.79 Å². The van der Waals surface area contributed by atoms with Crippen molar-refractivity contribution in [1.29, 1.82) is 5.41 Å². The van der Waals surface area contributed by atoms with Gasteiger partial charge < -0.3 is 14.2 Å². The summed E-state index contributed by atoms with van der Waals surface area (Å²) in [7, 11) is 0. The number of hydrogen-bond donors (Lipinski definition) is 1. The Hall–Kier alpha value is -3.89. The van der Waals surface area contributed by atoms with Gasteiger partial charge in [0.15, 0.2) is 5.84 Å². The van der Waals surface area contributed by atoms with E-state index in [2.05, 4.69) is 26.0 Å². The maximum absolute atomic E-state index is 12.7.